The van der Waals surface area contributed by atoms with Crippen LogP contribution in [-0.2, 0) is 35.2 Å². The molecule has 12 nitrogen and oxygen atoms in total. The van der Waals surface area contributed by atoms with E-state index in [-0.39, 0.29) is 24.9 Å². The Balaban J connectivity index is 1.52. The monoisotopic (exact) mass is 605 g/mol. The van der Waals surface area contributed by atoms with Crippen LogP contribution in [0.25, 0.3) is 0 Å². The molecule has 44 heavy (non-hydrogen) atoms. The fraction of sp³-hybridized carbons (Fsp3) is 0.406. The number of hydrogen-bond donors (Lipinski definition) is 2. The van der Waals surface area contributed by atoms with Gasteiger partial charge in [0.15, 0.2) is 5.82 Å². The number of imidazole rings is 1. The molecule has 1 saturated heterocycles. The number of ether oxygens (including phenoxy) is 3. The van der Waals surface area contributed by atoms with E-state index in [1.165, 1.54) is 24.5 Å². The Morgan fingerprint density at radius 2 is 1.70 bits per heavy atom. The molecule has 3 amide bonds. The Morgan fingerprint density at radius 1 is 1.02 bits per heavy atom. The molecule has 3 aromatic rings. The molecule has 3 atom stereocenters. The number of nitrogens with one attached hydrogen (secondary N) is 2. The minimum absolute atomic E-state index is 0.129. The summed E-state index contributed by atoms with van der Waals surface area (Å²) in [5.41, 5.74) is 0.824. The molecule has 1 aromatic heterocycles. The summed E-state index contributed by atoms with van der Waals surface area (Å²) in [6.45, 7) is 5.69. The van der Waals surface area contributed by atoms with E-state index >= 15 is 0 Å². The summed E-state index contributed by atoms with van der Waals surface area (Å²) in [4.78, 5) is 58.0. The van der Waals surface area contributed by atoms with Crippen LogP contribution in [-0.4, -0.2) is 76.3 Å². The number of amides is 3. The van der Waals surface area contributed by atoms with Gasteiger partial charge in [-0.05, 0) is 44.7 Å². The summed E-state index contributed by atoms with van der Waals surface area (Å²) in [5, 5.41) is 5.28. The van der Waals surface area contributed by atoms with Gasteiger partial charge >= 0.3 is 12.1 Å². The second-order valence-corrected chi connectivity index (χ2v) is 11.4. The van der Waals surface area contributed by atoms with Gasteiger partial charge in [0.1, 0.15) is 23.7 Å². The Hall–Kier alpha value is -4.71. The van der Waals surface area contributed by atoms with Crippen molar-refractivity contribution >= 4 is 29.7 Å². The Kier molecular flexibility index (Phi) is 10.7. The second-order valence-electron chi connectivity index (χ2n) is 11.4. The molecule has 2 N–H and O–H groups in total. The SMILES string of the molecule is COC(=O)[C@@H]1CCCN1C(=O)C(c1ccccc1)n1cnc(NC(=O)[C@H](COCc2ccccc2)NC(=O)OC(C)(C)C)c1. The maximum Gasteiger partial charge on any atom is 0.408 e. The average Bonchev–Trinajstić information content (AvgIpc) is 3.67. The lowest BCUT2D eigenvalue weighted by atomic mass is 10.0. The molecule has 1 unspecified atom stereocenters. The van der Waals surface area contributed by atoms with Crippen LogP contribution < -0.4 is 10.6 Å². The number of benzene rings is 2. The van der Waals surface area contributed by atoms with E-state index in [4.69, 9.17) is 14.2 Å². The van der Waals surface area contributed by atoms with Gasteiger partial charge in [-0.1, -0.05) is 60.7 Å². The highest BCUT2D eigenvalue weighted by molar-refractivity contribution is 5.96. The number of alkyl carbamates (subject to hydrolysis) is 1. The number of aromatic nitrogens is 2. The molecule has 0 aliphatic carbocycles. The fourth-order valence-corrected chi connectivity index (χ4v) is 4.90. The third kappa shape index (κ3) is 8.66. The topological polar surface area (TPSA) is 141 Å². The van der Waals surface area contributed by atoms with E-state index in [1.54, 1.807) is 25.3 Å². The van der Waals surface area contributed by atoms with Crippen molar-refractivity contribution in [2.45, 2.75) is 63.9 Å². The number of methoxy groups -OCH3 is 1. The number of carbonyl (C=O) groups excluding carboxylic acids is 4. The lowest BCUT2D eigenvalue weighted by Gasteiger charge is -2.28. The molecular weight excluding hydrogens is 566 g/mol. The molecule has 0 saturated carbocycles. The highest BCUT2D eigenvalue weighted by Crippen LogP contribution is 2.28. The summed E-state index contributed by atoms with van der Waals surface area (Å²) in [7, 11) is 1.31. The molecular formula is C32H39N5O7. The van der Waals surface area contributed by atoms with Crippen LogP contribution in [0.3, 0.4) is 0 Å². The minimum atomic E-state index is -1.10. The normalized spacial score (nSPS) is 16.1. The number of esters is 1. The molecule has 0 radical (unpaired) electrons. The quantitative estimate of drug-likeness (QED) is 0.316. The van der Waals surface area contributed by atoms with E-state index in [2.05, 4.69) is 15.6 Å². The smallest absolute Gasteiger partial charge is 0.408 e. The number of hydrogen-bond acceptors (Lipinski definition) is 8. The molecule has 4 rings (SSSR count). The Morgan fingerprint density at radius 3 is 2.36 bits per heavy atom. The van der Waals surface area contributed by atoms with Crippen molar-refractivity contribution in [3.05, 3.63) is 84.3 Å². The van der Waals surface area contributed by atoms with Gasteiger partial charge in [-0.25, -0.2) is 14.6 Å². The first-order chi connectivity index (χ1) is 21.1. The third-order valence-corrected chi connectivity index (χ3v) is 6.91. The molecule has 12 heteroatoms. The van der Waals surface area contributed by atoms with Crippen molar-refractivity contribution < 1.29 is 33.4 Å². The number of likely N-dealkylation sites (tertiary alicyclic amines) is 1. The molecule has 1 fully saturated rings. The van der Waals surface area contributed by atoms with Crippen LogP contribution in [0, 0.1) is 0 Å². The van der Waals surface area contributed by atoms with E-state index in [1.807, 2.05) is 60.7 Å². The summed E-state index contributed by atoms with van der Waals surface area (Å²) < 4.78 is 17.6. The number of nitrogens with zero attached hydrogens (tertiary/aromatic N) is 3. The lowest BCUT2D eigenvalue weighted by Crippen LogP contribution is -2.48. The zero-order valence-electron chi connectivity index (χ0n) is 25.4. The zero-order valence-corrected chi connectivity index (χ0v) is 25.4. The summed E-state index contributed by atoms with van der Waals surface area (Å²) in [6.07, 6.45) is 3.40. The molecule has 2 heterocycles. The van der Waals surface area contributed by atoms with Gasteiger partial charge in [0, 0.05) is 12.7 Å². The third-order valence-electron chi connectivity index (χ3n) is 6.91. The molecule has 0 spiro atoms. The number of rotatable bonds is 11. The summed E-state index contributed by atoms with van der Waals surface area (Å²) >= 11 is 0. The lowest BCUT2D eigenvalue weighted by molar-refractivity contribution is -0.151. The Bertz CT molecular complexity index is 1420. The first-order valence-corrected chi connectivity index (χ1v) is 14.4. The predicted molar refractivity (Wildman–Crippen MR) is 161 cm³/mol. The highest BCUT2D eigenvalue weighted by atomic mass is 16.6. The second kappa shape index (κ2) is 14.6. The number of anilines is 1. The first-order valence-electron chi connectivity index (χ1n) is 14.4. The van der Waals surface area contributed by atoms with Gasteiger partial charge in [0.25, 0.3) is 11.8 Å². The van der Waals surface area contributed by atoms with Gasteiger partial charge in [-0.2, -0.15) is 0 Å². The predicted octanol–water partition coefficient (Wildman–Crippen LogP) is 3.69. The maximum absolute atomic E-state index is 13.9. The molecule has 2 aromatic carbocycles. The van der Waals surface area contributed by atoms with Gasteiger partial charge in [-0.3, -0.25) is 9.59 Å². The zero-order chi connectivity index (χ0) is 31.7. The van der Waals surface area contributed by atoms with Crippen LogP contribution >= 0.6 is 0 Å². The van der Waals surface area contributed by atoms with Crippen LogP contribution in [0.4, 0.5) is 10.6 Å². The van der Waals surface area contributed by atoms with Gasteiger partial charge in [0.2, 0.25) is 0 Å². The van der Waals surface area contributed by atoms with Crippen molar-refractivity contribution in [1.29, 1.82) is 0 Å². The fourth-order valence-electron chi connectivity index (χ4n) is 4.90. The van der Waals surface area contributed by atoms with Crippen LogP contribution in [0.2, 0.25) is 0 Å². The summed E-state index contributed by atoms with van der Waals surface area (Å²) in [5.74, 6) is -1.17. The summed E-state index contributed by atoms with van der Waals surface area (Å²) in [6, 6.07) is 15.9. The largest absolute Gasteiger partial charge is 0.467 e. The minimum Gasteiger partial charge on any atom is -0.467 e. The van der Waals surface area contributed by atoms with E-state index in [9.17, 15) is 19.2 Å². The number of carbonyl (C=O) groups is 4. The van der Waals surface area contributed by atoms with Crippen LogP contribution in [0.1, 0.15) is 50.8 Å². The van der Waals surface area contributed by atoms with Crippen LogP contribution in [0.5, 0.6) is 0 Å². The van der Waals surface area contributed by atoms with E-state index < -0.39 is 41.7 Å². The maximum atomic E-state index is 13.9. The van der Waals surface area contributed by atoms with Crippen molar-refractivity contribution in [2.24, 2.45) is 0 Å². The van der Waals surface area contributed by atoms with Gasteiger partial charge in [0.05, 0.1) is 26.7 Å². The standard InChI is InChI=1S/C32H39N5O7/c1-32(2,3)44-31(41)34-24(20-43-19-22-12-7-5-8-13-22)28(38)35-26-18-36(21-33-26)27(23-14-9-6-10-15-23)29(39)37-17-11-16-25(37)30(40)42-4/h5-10,12-15,18,21,24-25,27H,11,16-17,19-20H2,1-4H3,(H,34,41)(H,35,38)/t24-,25-,27?/m0/s1. The highest BCUT2D eigenvalue weighted by Gasteiger charge is 2.39. The molecule has 234 valence electrons. The van der Waals surface area contributed by atoms with Crippen molar-refractivity contribution in [3.8, 4) is 0 Å². The van der Waals surface area contributed by atoms with Crippen LogP contribution in [0.15, 0.2) is 73.2 Å². The van der Waals surface area contributed by atoms with Crippen molar-refractivity contribution in [3.63, 3.8) is 0 Å². The molecule has 1 aliphatic rings. The first kappa shape index (κ1) is 32.2. The molecule has 0 bridgehead atoms. The van der Waals surface area contributed by atoms with Crippen molar-refractivity contribution in [1.82, 2.24) is 19.8 Å². The van der Waals surface area contributed by atoms with E-state index in [0.717, 1.165) is 5.56 Å². The molecule has 1 aliphatic heterocycles. The average molecular weight is 606 g/mol. The van der Waals surface area contributed by atoms with Gasteiger partial charge in [-0.15, -0.1) is 0 Å². The van der Waals surface area contributed by atoms with E-state index in [0.29, 0.717) is 24.9 Å². The Labute approximate surface area is 256 Å². The van der Waals surface area contributed by atoms with Crippen molar-refractivity contribution in [2.75, 3.05) is 25.6 Å². The van der Waals surface area contributed by atoms with Gasteiger partial charge < -0.3 is 34.3 Å².